The van der Waals surface area contributed by atoms with Crippen LogP contribution in [-0.2, 0) is 19.1 Å². The van der Waals surface area contributed by atoms with Crippen LogP contribution in [0.15, 0.2) is 0 Å². The first kappa shape index (κ1) is 15.9. The van der Waals surface area contributed by atoms with Gasteiger partial charge in [-0.15, -0.1) is 0 Å². The van der Waals surface area contributed by atoms with Crippen molar-refractivity contribution in [2.24, 2.45) is 11.3 Å². The smallest absolute Gasteiger partial charge is 0.323 e. The molecule has 0 rings (SSSR count). The van der Waals surface area contributed by atoms with Crippen molar-refractivity contribution < 1.29 is 19.1 Å². The molecule has 0 aliphatic heterocycles. The van der Waals surface area contributed by atoms with Gasteiger partial charge in [0.15, 0.2) is 0 Å². The first-order valence-electron chi connectivity index (χ1n) is 5.66. The first-order chi connectivity index (χ1) is 7.76. The lowest BCUT2D eigenvalue weighted by Crippen LogP contribution is -2.47. The Balaban J connectivity index is 4.50. The Bertz CT molecular complexity index is 274. The van der Waals surface area contributed by atoms with Gasteiger partial charge in [0.25, 0.3) is 0 Å². The number of carbonyl (C=O) groups excluding carboxylic acids is 2. The van der Waals surface area contributed by atoms with E-state index in [4.69, 9.17) is 9.47 Å². The van der Waals surface area contributed by atoms with Crippen LogP contribution in [0.2, 0.25) is 0 Å². The fourth-order valence-electron chi connectivity index (χ4n) is 1.43. The molecule has 0 spiro atoms. The van der Waals surface area contributed by atoms with Gasteiger partial charge < -0.3 is 14.8 Å². The highest BCUT2D eigenvalue weighted by Crippen LogP contribution is 2.16. The molecule has 1 unspecified atom stereocenters. The summed E-state index contributed by atoms with van der Waals surface area (Å²) >= 11 is 0. The van der Waals surface area contributed by atoms with Gasteiger partial charge in [-0.1, -0.05) is 13.8 Å². The molecular formula is C12H23NO4. The summed E-state index contributed by atoms with van der Waals surface area (Å²) < 4.78 is 9.41. The van der Waals surface area contributed by atoms with E-state index in [-0.39, 0.29) is 17.9 Å². The molecule has 0 aromatic heterocycles. The van der Waals surface area contributed by atoms with E-state index in [9.17, 15) is 9.59 Å². The second-order valence-electron chi connectivity index (χ2n) is 5.00. The standard InChI is InChI=1S/C12H23NO4/c1-8(2)9(10(14)16-5)13-7-12(3,4)11(15)17-6/h8-9,13H,7H2,1-6H3. The Labute approximate surface area is 103 Å². The van der Waals surface area contributed by atoms with Crippen molar-refractivity contribution in [1.29, 1.82) is 0 Å². The van der Waals surface area contributed by atoms with Crippen LogP contribution in [-0.4, -0.2) is 38.7 Å². The van der Waals surface area contributed by atoms with Gasteiger partial charge in [-0.25, -0.2) is 0 Å². The van der Waals surface area contributed by atoms with Gasteiger partial charge in [0.2, 0.25) is 0 Å². The maximum atomic E-state index is 11.5. The summed E-state index contributed by atoms with van der Waals surface area (Å²) in [6.45, 7) is 7.72. The van der Waals surface area contributed by atoms with Crippen LogP contribution in [0.25, 0.3) is 0 Å². The van der Waals surface area contributed by atoms with E-state index >= 15 is 0 Å². The van der Waals surface area contributed by atoms with Crippen LogP contribution in [0.5, 0.6) is 0 Å². The number of esters is 2. The average Bonchev–Trinajstić information content (AvgIpc) is 2.26. The zero-order valence-electron chi connectivity index (χ0n) is 11.5. The van der Waals surface area contributed by atoms with Crippen LogP contribution in [0.4, 0.5) is 0 Å². The van der Waals surface area contributed by atoms with E-state index in [1.807, 2.05) is 13.8 Å². The van der Waals surface area contributed by atoms with Crippen molar-refractivity contribution in [3.05, 3.63) is 0 Å². The highest BCUT2D eigenvalue weighted by atomic mass is 16.5. The number of nitrogens with one attached hydrogen (secondary N) is 1. The summed E-state index contributed by atoms with van der Waals surface area (Å²) in [5.41, 5.74) is -0.671. The first-order valence-corrected chi connectivity index (χ1v) is 5.66. The van der Waals surface area contributed by atoms with Gasteiger partial charge in [-0.2, -0.15) is 0 Å². The molecule has 5 nitrogen and oxygen atoms in total. The van der Waals surface area contributed by atoms with Crippen LogP contribution in [0.1, 0.15) is 27.7 Å². The third-order valence-electron chi connectivity index (χ3n) is 2.62. The SMILES string of the molecule is COC(=O)C(NCC(C)(C)C(=O)OC)C(C)C. The van der Waals surface area contributed by atoms with Gasteiger partial charge in [0.1, 0.15) is 6.04 Å². The number of methoxy groups -OCH3 is 2. The van der Waals surface area contributed by atoms with E-state index in [1.165, 1.54) is 14.2 Å². The van der Waals surface area contributed by atoms with E-state index in [1.54, 1.807) is 13.8 Å². The molecule has 0 aromatic carbocycles. The average molecular weight is 245 g/mol. The lowest BCUT2D eigenvalue weighted by atomic mass is 9.92. The lowest BCUT2D eigenvalue weighted by Gasteiger charge is -2.26. The molecule has 0 amide bonds. The monoisotopic (exact) mass is 245 g/mol. The van der Waals surface area contributed by atoms with Crippen molar-refractivity contribution in [1.82, 2.24) is 5.32 Å². The molecule has 0 saturated carbocycles. The Morgan fingerprint density at radius 3 is 2.06 bits per heavy atom. The van der Waals surface area contributed by atoms with E-state index in [0.29, 0.717) is 6.54 Å². The topological polar surface area (TPSA) is 64.6 Å². The van der Waals surface area contributed by atoms with Crippen molar-refractivity contribution >= 4 is 11.9 Å². The van der Waals surface area contributed by atoms with Crippen molar-refractivity contribution in [2.45, 2.75) is 33.7 Å². The van der Waals surface area contributed by atoms with Gasteiger partial charge in [-0.05, 0) is 19.8 Å². The molecule has 0 aromatic rings. The van der Waals surface area contributed by atoms with Gasteiger partial charge in [0, 0.05) is 6.54 Å². The molecule has 5 heteroatoms. The molecule has 0 bridgehead atoms. The van der Waals surface area contributed by atoms with Crippen molar-refractivity contribution in [3.8, 4) is 0 Å². The summed E-state index contributed by atoms with van der Waals surface area (Å²) in [5, 5.41) is 3.05. The predicted octanol–water partition coefficient (Wildman–Crippen LogP) is 0.973. The Morgan fingerprint density at radius 1 is 1.18 bits per heavy atom. The van der Waals surface area contributed by atoms with Gasteiger partial charge >= 0.3 is 11.9 Å². The zero-order valence-corrected chi connectivity index (χ0v) is 11.5. The number of hydrogen-bond donors (Lipinski definition) is 1. The second-order valence-corrected chi connectivity index (χ2v) is 5.00. The fourth-order valence-corrected chi connectivity index (χ4v) is 1.43. The summed E-state index contributed by atoms with van der Waals surface area (Å²) in [6.07, 6.45) is 0. The molecule has 17 heavy (non-hydrogen) atoms. The summed E-state index contributed by atoms with van der Waals surface area (Å²) in [4.78, 5) is 23.0. The molecular weight excluding hydrogens is 222 g/mol. The van der Waals surface area contributed by atoms with Crippen LogP contribution in [0, 0.1) is 11.3 Å². The number of hydrogen-bond acceptors (Lipinski definition) is 5. The Kier molecular flexibility index (Phi) is 6.16. The third kappa shape index (κ3) is 4.73. The van der Waals surface area contributed by atoms with E-state index in [0.717, 1.165) is 0 Å². The largest absolute Gasteiger partial charge is 0.469 e. The molecule has 0 heterocycles. The Morgan fingerprint density at radius 2 is 1.71 bits per heavy atom. The normalized spacial score (nSPS) is 13.4. The number of ether oxygens (including phenoxy) is 2. The maximum Gasteiger partial charge on any atom is 0.323 e. The van der Waals surface area contributed by atoms with Crippen LogP contribution < -0.4 is 5.32 Å². The molecule has 0 saturated heterocycles. The minimum absolute atomic E-state index is 0.0934. The highest BCUT2D eigenvalue weighted by Gasteiger charge is 2.31. The number of carbonyl (C=O) groups is 2. The molecule has 100 valence electrons. The second kappa shape index (κ2) is 6.59. The predicted molar refractivity (Wildman–Crippen MR) is 64.4 cm³/mol. The third-order valence-corrected chi connectivity index (χ3v) is 2.62. The van der Waals surface area contributed by atoms with Crippen LogP contribution >= 0.6 is 0 Å². The maximum absolute atomic E-state index is 11.5. The molecule has 1 N–H and O–H groups in total. The quantitative estimate of drug-likeness (QED) is 0.706. The molecule has 1 atom stereocenters. The minimum Gasteiger partial charge on any atom is -0.469 e. The summed E-state index contributed by atoms with van der Waals surface area (Å²) in [6, 6.07) is -0.413. The molecule has 0 aliphatic carbocycles. The Hall–Kier alpha value is -1.10. The zero-order chi connectivity index (χ0) is 13.6. The van der Waals surface area contributed by atoms with E-state index < -0.39 is 11.5 Å². The van der Waals surface area contributed by atoms with Crippen LogP contribution in [0.3, 0.4) is 0 Å². The minimum atomic E-state index is -0.671. The highest BCUT2D eigenvalue weighted by molar-refractivity contribution is 5.77. The van der Waals surface area contributed by atoms with Crippen molar-refractivity contribution in [3.63, 3.8) is 0 Å². The number of rotatable bonds is 6. The molecule has 0 fully saturated rings. The fraction of sp³-hybridized carbons (Fsp3) is 0.833. The summed E-state index contributed by atoms with van der Waals surface area (Å²) in [5.74, 6) is -0.533. The molecule has 0 aliphatic rings. The van der Waals surface area contributed by atoms with Gasteiger partial charge in [-0.3, -0.25) is 9.59 Å². The molecule has 0 radical (unpaired) electrons. The lowest BCUT2D eigenvalue weighted by molar-refractivity contribution is -0.152. The summed E-state index contributed by atoms with van der Waals surface area (Å²) in [7, 11) is 2.70. The van der Waals surface area contributed by atoms with Gasteiger partial charge in [0.05, 0.1) is 19.6 Å². The van der Waals surface area contributed by atoms with E-state index in [2.05, 4.69) is 5.32 Å². The van der Waals surface area contributed by atoms with Crippen molar-refractivity contribution in [2.75, 3.05) is 20.8 Å².